The third kappa shape index (κ3) is 2.51. The van der Waals surface area contributed by atoms with Crippen LogP contribution in [-0.2, 0) is 18.4 Å². The van der Waals surface area contributed by atoms with Crippen LogP contribution in [0, 0.1) is 5.92 Å². The summed E-state index contributed by atoms with van der Waals surface area (Å²) in [5.74, 6) is -0.165. The smallest absolute Gasteiger partial charge is 0.224 e. The Morgan fingerprint density at radius 1 is 1.56 bits per heavy atom. The third-order valence-electron chi connectivity index (χ3n) is 3.06. The molecule has 5 heteroatoms. The van der Waals surface area contributed by atoms with Gasteiger partial charge in [-0.05, 0) is 17.7 Å². The van der Waals surface area contributed by atoms with Crippen LogP contribution in [0.2, 0.25) is 0 Å². The Labute approximate surface area is 106 Å². The van der Waals surface area contributed by atoms with Crippen LogP contribution in [0.25, 0.3) is 11.0 Å². The van der Waals surface area contributed by atoms with E-state index in [2.05, 4.69) is 10.3 Å². The van der Waals surface area contributed by atoms with E-state index in [4.69, 9.17) is 5.73 Å². The van der Waals surface area contributed by atoms with Gasteiger partial charge in [0.15, 0.2) is 0 Å². The lowest BCUT2D eigenvalue weighted by Gasteiger charge is -2.09. The SMILES string of the molecule is CC(CN)C(=O)NCc1ccc2c(c1)ncn2C. The van der Waals surface area contributed by atoms with Gasteiger partial charge in [0.2, 0.25) is 5.91 Å². The van der Waals surface area contributed by atoms with Crippen LogP contribution in [0.5, 0.6) is 0 Å². The highest BCUT2D eigenvalue weighted by atomic mass is 16.1. The second kappa shape index (κ2) is 5.18. The molecular formula is C13H18N4O. The van der Waals surface area contributed by atoms with Gasteiger partial charge in [-0.3, -0.25) is 4.79 Å². The number of hydrogen-bond acceptors (Lipinski definition) is 3. The molecule has 0 aliphatic rings. The highest BCUT2D eigenvalue weighted by Crippen LogP contribution is 2.13. The summed E-state index contributed by atoms with van der Waals surface area (Å²) in [5.41, 5.74) is 8.51. The quantitative estimate of drug-likeness (QED) is 0.837. The topological polar surface area (TPSA) is 72.9 Å². The minimum atomic E-state index is -0.149. The fourth-order valence-electron chi connectivity index (χ4n) is 1.76. The summed E-state index contributed by atoms with van der Waals surface area (Å²) >= 11 is 0. The van der Waals surface area contributed by atoms with Crippen molar-refractivity contribution in [1.82, 2.24) is 14.9 Å². The number of nitrogens with one attached hydrogen (secondary N) is 1. The molecule has 0 saturated heterocycles. The van der Waals surface area contributed by atoms with Crippen LogP contribution in [0.4, 0.5) is 0 Å². The third-order valence-corrected chi connectivity index (χ3v) is 3.06. The maximum Gasteiger partial charge on any atom is 0.224 e. The standard InChI is InChI=1S/C13H18N4O/c1-9(6-14)13(18)15-7-10-3-4-12-11(5-10)16-8-17(12)2/h3-5,8-9H,6-7,14H2,1-2H3,(H,15,18). The van der Waals surface area contributed by atoms with Gasteiger partial charge in [-0.1, -0.05) is 13.0 Å². The molecule has 96 valence electrons. The van der Waals surface area contributed by atoms with Crippen LogP contribution in [-0.4, -0.2) is 22.0 Å². The Morgan fingerprint density at radius 2 is 2.33 bits per heavy atom. The molecule has 3 N–H and O–H groups in total. The fourth-order valence-corrected chi connectivity index (χ4v) is 1.76. The molecular weight excluding hydrogens is 228 g/mol. The Kier molecular flexibility index (Phi) is 3.62. The van der Waals surface area contributed by atoms with Crippen molar-refractivity contribution in [3.05, 3.63) is 30.1 Å². The highest BCUT2D eigenvalue weighted by molar-refractivity contribution is 5.79. The molecule has 2 rings (SSSR count). The van der Waals surface area contributed by atoms with Crippen LogP contribution in [0.1, 0.15) is 12.5 Å². The summed E-state index contributed by atoms with van der Waals surface area (Å²) in [6.07, 6.45) is 1.78. The number of aryl methyl sites for hydroxylation is 1. The number of benzene rings is 1. The van der Waals surface area contributed by atoms with E-state index < -0.39 is 0 Å². The average molecular weight is 246 g/mol. The molecule has 5 nitrogen and oxygen atoms in total. The summed E-state index contributed by atoms with van der Waals surface area (Å²) in [6.45, 7) is 2.69. The molecule has 0 aliphatic heterocycles. The maximum absolute atomic E-state index is 11.6. The Balaban J connectivity index is 2.06. The van der Waals surface area contributed by atoms with Crippen molar-refractivity contribution in [1.29, 1.82) is 0 Å². The molecule has 0 fully saturated rings. The highest BCUT2D eigenvalue weighted by Gasteiger charge is 2.10. The number of fused-ring (bicyclic) bond motifs is 1. The number of carbonyl (C=O) groups excluding carboxylic acids is 1. The summed E-state index contributed by atoms with van der Waals surface area (Å²) in [6, 6.07) is 6.00. The minimum Gasteiger partial charge on any atom is -0.352 e. The van der Waals surface area contributed by atoms with Gasteiger partial charge in [0, 0.05) is 26.1 Å². The number of aromatic nitrogens is 2. The number of amides is 1. The van der Waals surface area contributed by atoms with E-state index >= 15 is 0 Å². The predicted molar refractivity (Wildman–Crippen MR) is 70.8 cm³/mol. The molecule has 1 atom stereocenters. The van der Waals surface area contributed by atoms with E-state index in [0.717, 1.165) is 16.6 Å². The first-order valence-corrected chi connectivity index (χ1v) is 5.99. The van der Waals surface area contributed by atoms with Gasteiger partial charge in [0.25, 0.3) is 0 Å². The fraction of sp³-hybridized carbons (Fsp3) is 0.385. The maximum atomic E-state index is 11.6. The van der Waals surface area contributed by atoms with E-state index in [1.165, 1.54) is 0 Å². The van der Waals surface area contributed by atoms with Gasteiger partial charge in [0.05, 0.1) is 17.4 Å². The van der Waals surface area contributed by atoms with Gasteiger partial charge < -0.3 is 15.6 Å². The molecule has 1 aromatic heterocycles. The minimum absolute atomic E-state index is 0.0152. The first kappa shape index (κ1) is 12.6. The first-order valence-electron chi connectivity index (χ1n) is 5.99. The van der Waals surface area contributed by atoms with Crippen LogP contribution in [0.15, 0.2) is 24.5 Å². The summed E-state index contributed by atoms with van der Waals surface area (Å²) in [4.78, 5) is 15.9. The number of imidazole rings is 1. The molecule has 0 aliphatic carbocycles. The zero-order chi connectivity index (χ0) is 13.1. The van der Waals surface area contributed by atoms with Crippen LogP contribution < -0.4 is 11.1 Å². The molecule has 1 heterocycles. The lowest BCUT2D eigenvalue weighted by molar-refractivity contribution is -0.124. The number of carbonyl (C=O) groups is 1. The average Bonchev–Trinajstić information content (AvgIpc) is 2.76. The molecule has 18 heavy (non-hydrogen) atoms. The number of nitrogens with zero attached hydrogens (tertiary/aromatic N) is 2. The lowest BCUT2D eigenvalue weighted by atomic mass is 10.1. The summed E-state index contributed by atoms with van der Waals surface area (Å²) in [7, 11) is 1.96. The molecule has 0 radical (unpaired) electrons. The second-order valence-corrected chi connectivity index (χ2v) is 4.53. The first-order chi connectivity index (χ1) is 8.61. The van der Waals surface area contributed by atoms with Crippen molar-refractivity contribution in [2.45, 2.75) is 13.5 Å². The van der Waals surface area contributed by atoms with Gasteiger partial charge >= 0.3 is 0 Å². The zero-order valence-electron chi connectivity index (χ0n) is 10.7. The van der Waals surface area contributed by atoms with Crippen molar-refractivity contribution < 1.29 is 4.79 Å². The Hall–Kier alpha value is -1.88. The van der Waals surface area contributed by atoms with Crippen molar-refractivity contribution >= 4 is 16.9 Å². The number of hydrogen-bond donors (Lipinski definition) is 2. The largest absolute Gasteiger partial charge is 0.352 e. The van der Waals surface area contributed by atoms with Crippen molar-refractivity contribution in [2.24, 2.45) is 18.7 Å². The van der Waals surface area contributed by atoms with E-state index in [-0.39, 0.29) is 11.8 Å². The normalized spacial score (nSPS) is 12.6. The van der Waals surface area contributed by atoms with Gasteiger partial charge in [-0.15, -0.1) is 0 Å². The van der Waals surface area contributed by atoms with Gasteiger partial charge in [-0.2, -0.15) is 0 Å². The monoisotopic (exact) mass is 246 g/mol. The van der Waals surface area contributed by atoms with E-state index in [9.17, 15) is 4.79 Å². The molecule has 1 amide bonds. The van der Waals surface area contributed by atoms with Gasteiger partial charge in [0.1, 0.15) is 0 Å². The van der Waals surface area contributed by atoms with E-state index in [1.807, 2.05) is 36.7 Å². The molecule has 0 saturated carbocycles. The lowest BCUT2D eigenvalue weighted by Crippen LogP contribution is -2.32. The predicted octanol–water partition coefficient (Wildman–Crippen LogP) is 0.784. The van der Waals surface area contributed by atoms with E-state index in [1.54, 1.807) is 6.33 Å². The molecule has 2 aromatic rings. The van der Waals surface area contributed by atoms with E-state index in [0.29, 0.717) is 13.1 Å². The van der Waals surface area contributed by atoms with Gasteiger partial charge in [-0.25, -0.2) is 4.98 Å². The molecule has 1 aromatic carbocycles. The second-order valence-electron chi connectivity index (χ2n) is 4.53. The molecule has 1 unspecified atom stereocenters. The Bertz CT molecular complexity index is 561. The zero-order valence-corrected chi connectivity index (χ0v) is 10.7. The summed E-state index contributed by atoms with van der Waals surface area (Å²) < 4.78 is 1.97. The van der Waals surface area contributed by atoms with Crippen molar-refractivity contribution in [3.8, 4) is 0 Å². The van der Waals surface area contributed by atoms with Crippen LogP contribution in [0.3, 0.4) is 0 Å². The van der Waals surface area contributed by atoms with Crippen LogP contribution >= 0.6 is 0 Å². The number of rotatable bonds is 4. The molecule has 0 bridgehead atoms. The Morgan fingerprint density at radius 3 is 3.06 bits per heavy atom. The van der Waals surface area contributed by atoms with Crippen molar-refractivity contribution in [2.75, 3.05) is 6.54 Å². The number of nitrogens with two attached hydrogens (primary N) is 1. The molecule has 0 spiro atoms. The summed E-state index contributed by atoms with van der Waals surface area (Å²) in [5, 5.41) is 2.87. The van der Waals surface area contributed by atoms with Crippen molar-refractivity contribution in [3.63, 3.8) is 0 Å².